The lowest BCUT2D eigenvalue weighted by atomic mass is 10.3. The molecule has 3 heterocycles. The Morgan fingerprint density at radius 2 is 2.07 bits per heavy atom. The molecular formula is C17H16N8O2. The summed E-state index contributed by atoms with van der Waals surface area (Å²) >= 11 is 0. The minimum absolute atomic E-state index is 0.0812. The molecule has 0 bridgehead atoms. The van der Waals surface area contributed by atoms with Crippen molar-refractivity contribution in [2.24, 2.45) is 0 Å². The predicted octanol–water partition coefficient (Wildman–Crippen LogP) is 0.971. The maximum Gasteiger partial charge on any atom is 0.246 e. The van der Waals surface area contributed by atoms with Crippen molar-refractivity contribution in [3.8, 4) is 11.5 Å². The van der Waals surface area contributed by atoms with Gasteiger partial charge < -0.3 is 15.0 Å². The molecule has 3 N–H and O–H groups in total. The number of aromatic amines is 2. The van der Waals surface area contributed by atoms with Gasteiger partial charge in [-0.25, -0.2) is 15.0 Å². The number of para-hydroxylation sites is 2. The molecular weight excluding hydrogens is 348 g/mol. The van der Waals surface area contributed by atoms with Crippen LogP contribution in [-0.4, -0.2) is 47.6 Å². The molecule has 10 heteroatoms. The van der Waals surface area contributed by atoms with E-state index in [1.54, 1.807) is 18.6 Å². The highest BCUT2D eigenvalue weighted by Gasteiger charge is 2.09. The number of fused-ring (bicyclic) bond motifs is 1. The van der Waals surface area contributed by atoms with Crippen molar-refractivity contribution >= 4 is 16.9 Å². The number of carbonyl (C=O) groups excluding carboxylic acids is 1. The van der Waals surface area contributed by atoms with Crippen LogP contribution >= 0.6 is 0 Å². The van der Waals surface area contributed by atoms with Crippen molar-refractivity contribution < 1.29 is 9.53 Å². The monoisotopic (exact) mass is 364 g/mol. The average molecular weight is 364 g/mol. The highest BCUT2D eigenvalue weighted by Crippen LogP contribution is 2.11. The van der Waals surface area contributed by atoms with Crippen molar-refractivity contribution in [3.05, 3.63) is 54.5 Å². The summed E-state index contributed by atoms with van der Waals surface area (Å²) in [5, 5.41) is 9.52. The molecule has 136 valence electrons. The predicted molar refractivity (Wildman–Crippen MR) is 95.0 cm³/mol. The highest BCUT2D eigenvalue weighted by molar-refractivity contribution is 5.77. The second-order valence-corrected chi connectivity index (χ2v) is 5.67. The third-order valence-electron chi connectivity index (χ3n) is 3.69. The number of hydrogen-bond acceptors (Lipinski definition) is 7. The van der Waals surface area contributed by atoms with Gasteiger partial charge in [-0.15, -0.1) is 0 Å². The Morgan fingerprint density at radius 1 is 1.15 bits per heavy atom. The van der Waals surface area contributed by atoms with Gasteiger partial charge in [0.25, 0.3) is 0 Å². The number of hydrogen-bond donors (Lipinski definition) is 3. The van der Waals surface area contributed by atoms with Crippen LogP contribution in [0.4, 0.5) is 0 Å². The molecule has 0 aliphatic heterocycles. The molecule has 0 unspecified atom stereocenters. The lowest BCUT2D eigenvalue weighted by Gasteiger charge is -2.03. The lowest BCUT2D eigenvalue weighted by Crippen LogP contribution is -2.27. The number of aromatic nitrogens is 7. The van der Waals surface area contributed by atoms with Gasteiger partial charge in [-0.3, -0.25) is 14.9 Å². The van der Waals surface area contributed by atoms with E-state index >= 15 is 0 Å². The summed E-state index contributed by atoms with van der Waals surface area (Å²) in [5.74, 6) is 1.35. The molecule has 27 heavy (non-hydrogen) atoms. The standard InChI is InChI=1S/C17H16N8O2/c26-16(10-27-9-15-21-11-3-1-2-4-12(11)22-15)20-8-14-23-17(25-24-14)13-7-18-5-6-19-13/h1-7H,8-10H2,(H,20,26)(H,21,22)(H,23,24,25). The zero-order valence-corrected chi connectivity index (χ0v) is 14.2. The average Bonchev–Trinajstić information content (AvgIpc) is 3.34. The molecule has 0 fully saturated rings. The van der Waals surface area contributed by atoms with Crippen LogP contribution in [-0.2, 0) is 22.7 Å². The van der Waals surface area contributed by atoms with Crippen LogP contribution in [0, 0.1) is 0 Å². The normalized spacial score (nSPS) is 11.0. The second-order valence-electron chi connectivity index (χ2n) is 5.67. The molecule has 4 aromatic rings. The van der Waals surface area contributed by atoms with Crippen LogP contribution in [0.5, 0.6) is 0 Å². The first-order valence-corrected chi connectivity index (χ1v) is 8.23. The molecule has 0 aliphatic rings. The summed E-state index contributed by atoms with van der Waals surface area (Å²) in [6.07, 6.45) is 4.70. The number of amides is 1. The van der Waals surface area contributed by atoms with E-state index < -0.39 is 0 Å². The first-order valence-electron chi connectivity index (χ1n) is 8.23. The van der Waals surface area contributed by atoms with E-state index in [0.29, 0.717) is 23.2 Å². The summed E-state index contributed by atoms with van der Waals surface area (Å²) < 4.78 is 5.40. The molecule has 0 saturated heterocycles. The second kappa shape index (κ2) is 7.70. The summed E-state index contributed by atoms with van der Waals surface area (Å²) in [4.78, 5) is 31.8. The maximum atomic E-state index is 11.9. The van der Waals surface area contributed by atoms with E-state index in [1.165, 1.54) is 0 Å². The largest absolute Gasteiger partial charge is 0.364 e. The number of imidazole rings is 1. The van der Waals surface area contributed by atoms with Gasteiger partial charge in [0.2, 0.25) is 11.7 Å². The number of H-pyrrole nitrogens is 2. The topological polar surface area (TPSA) is 134 Å². The molecule has 0 radical (unpaired) electrons. The van der Waals surface area contributed by atoms with E-state index in [9.17, 15) is 4.79 Å². The highest BCUT2D eigenvalue weighted by atomic mass is 16.5. The van der Waals surface area contributed by atoms with Crippen LogP contribution in [0.3, 0.4) is 0 Å². The molecule has 0 saturated carbocycles. The van der Waals surface area contributed by atoms with Gasteiger partial charge in [0.1, 0.15) is 30.6 Å². The van der Waals surface area contributed by atoms with Crippen molar-refractivity contribution in [2.45, 2.75) is 13.2 Å². The molecule has 0 atom stereocenters. The Hall–Kier alpha value is -3.66. The van der Waals surface area contributed by atoms with E-state index in [2.05, 4.69) is 40.4 Å². The molecule has 1 amide bonds. The molecule has 0 aliphatic carbocycles. The minimum atomic E-state index is -0.261. The lowest BCUT2D eigenvalue weighted by molar-refractivity contribution is -0.126. The van der Waals surface area contributed by atoms with Crippen LogP contribution < -0.4 is 5.32 Å². The summed E-state index contributed by atoms with van der Waals surface area (Å²) in [6.45, 7) is 0.351. The molecule has 4 rings (SSSR count). The Kier molecular flexibility index (Phi) is 4.79. The van der Waals surface area contributed by atoms with Crippen LogP contribution in [0.2, 0.25) is 0 Å². The fourth-order valence-electron chi connectivity index (χ4n) is 2.45. The molecule has 10 nitrogen and oxygen atoms in total. The van der Waals surface area contributed by atoms with Gasteiger partial charge in [-0.2, -0.15) is 5.10 Å². The Morgan fingerprint density at radius 3 is 2.93 bits per heavy atom. The van der Waals surface area contributed by atoms with Gasteiger partial charge in [-0.1, -0.05) is 12.1 Å². The molecule has 0 spiro atoms. The number of ether oxygens (including phenoxy) is 1. The number of benzene rings is 1. The summed E-state index contributed by atoms with van der Waals surface area (Å²) in [5.41, 5.74) is 2.36. The molecule has 3 aromatic heterocycles. The van der Waals surface area contributed by atoms with Gasteiger partial charge in [-0.05, 0) is 12.1 Å². The SMILES string of the molecule is O=C(COCc1nc2ccccc2[nH]1)NCc1nc(-c2cnccn2)n[nH]1. The van der Waals surface area contributed by atoms with E-state index in [1.807, 2.05) is 24.3 Å². The van der Waals surface area contributed by atoms with Crippen molar-refractivity contribution in [3.63, 3.8) is 0 Å². The van der Waals surface area contributed by atoms with Gasteiger partial charge in [0.15, 0.2) is 0 Å². The van der Waals surface area contributed by atoms with Gasteiger partial charge in [0.05, 0.1) is 23.8 Å². The zero-order chi connectivity index (χ0) is 18.5. The first kappa shape index (κ1) is 16.8. The van der Waals surface area contributed by atoms with Crippen molar-refractivity contribution in [2.75, 3.05) is 6.61 Å². The fraction of sp³-hybridized carbons (Fsp3) is 0.176. The Balaban J connectivity index is 1.23. The number of nitrogens with zero attached hydrogens (tertiary/aromatic N) is 5. The summed E-state index contributed by atoms with van der Waals surface area (Å²) in [6, 6.07) is 7.69. The van der Waals surface area contributed by atoms with Crippen LogP contribution in [0.25, 0.3) is 22.6 Å². The smallest absolute Gasteiger partial charge is 0.246 e. The van der Waals surface area contributed by atoms with E-state index in [0.717, 1.165) is 11.0 Å². The third kappa shape index (κ3) is 4.12. The number of carbonyl (C=O) groups is 1. The Bertz CT molecular complexity index is 1010. The van der Waals surface area contributed by atoms with Crippen LogP contribution in [0.15, 0.2) is 42.9 Å². The van der Waals surface area contributed by atoms with Gasteiger partial charge >= 0.3 is 0 Å². The quantitative estimate of drug-likeness (QED) is 0.445. The van der Waals surface area contributed by atoms with E-state index in [4.69, 9.17) is 4.74 Å². The minimum Gasteiger partial charge on any atom is -0.364 e. The Labute approximate surface area is 153 Å². The summed E-state index contributed by atoms with van der Waals surface area (Å²) in [7, 11) is 0. The number of rotatable bonds is 7. The van der Waals surface area contributed by atoms with Crippen molar-refractivity contribution in [1.29, 1.82) is 0 Å². The maximum absolute atomic E-state index is 11.9. The van der Waals surface area contributed by atoms with Crippen molar-refractivity contribution in [1.82, 2.24) is 40.4 Å². The van der Waals surface area contributed by atoms with E-state index in [-0.39, 0.29) is 25.7 Å². The third-order valence-corrected chi connectivity index (χ3v) is 3.69. The fourth-order valence-corrected chi connectivity index (χ4v) is 2.45. The van der Waals surface area contributed by atoms with Crippen LogP contribution in [0.1, 0.15) is 11.6 Å². The zero-order valence-electron chi connectivity index (χ0n) is 14.2. The first-order chi connectivity index (χ1) is 13.3. The van der Waals surface area contributed by atoms with Gasteiger partial charge in [0, 0.05) is 12.4 Å². The number of nitrogens with one attached hydrogen (secondary N) is 3. The molecule has 1 aromatic carbocycles.